The molecule has 1 unspecified atom stereocenters. The fraction of sp³-hybridized carbons (Fsp3) is 0.706. The molecule has 1 N–H and O–H groups in total. The van der Waals surface area contributed by atoms with Gasteiger partial charge in [-0.05, 0) is 105 Å². The lowest BCUT2D eigenvalue weighted by molar-refractivity contribution is -0.172. The Hall–Kier alpha value is -2.54. The highest BCUT2D eigenvalue weighted by Gasteiger charge is 2.59. The molecule has 7 saturated carbocycles. The number of ketones is 1. The van der Waals surface area contributed by atoms with Crippen molar-refractivity contribution < 1.29 is 19.2 Å². The number of piperidine rings is 1. The molecule has 0 aromatic heterocycles. The molecule has 2 aliphatic heterocycles. The summed E-state index contributed by atoms with van der Waals surface area (Å²) < 4.78 is 0. The van der Waals surface area contributed by atoms with Gasteiger partial charge in [-0.3, -0.25) is 24.1 Å². The molecule has 3 atom stereocenters. The van der Waals surface area contributed by atoms with Gasteiger partial charge in [-0.1, -0.05) is 25.0 Å². The summed E-state index contributed by atoms with van der Waals surface area (Å²) in [4.78, 5) is 55.8. The van der Waals surface area contributed by atoms with Crippen LogP contribution in [-0.4, -0.2) is 57.0 Å². The average molecular weight is 558 g/mol. The van der Waals surface area contributed by atoms with Gasteiger partial charge in [0.25, 0.3) is 11.8 Å². The van der Waals surface area contributed by atoms with Gasteiger partial charge in [-0.15, -0.1) is 0 Å². The van der Waals surface area contributed by atoms with Gasteiger partial charge in [0.05, 0.1) is 5.54 Å². The van der Waals surface area contributed by atoms with E-state index in [9.17, 15) is 19.2 Å². The Morgan fingerprint density at radius 1 is 0.902 bits per heavy atom. The van der Waals surface area contributed by atoms with Crippen LogP contribution in [0.15, 0.2) is 18.2 Å². The maximum Gasteiger partial charge on any atom is 0.255 e. The number of carbonyl (C=O) groups is 4. The van der Waals surface area contributed by atoms with Crippen LogP contribution in [0, 0.1) is 23.7 Å². The van der Waals surface area contributed by atoms with E-state index in [1.807, 2.05) is 6.07 Å². The number of rotatable bonds is 6. The van der Waals surface area contributed by atoms with Crippen LogP contribution in [0.25, 0.3) is 0 Å². The van der Waals surface area contributed by atoms with Gasteiger partial charge in [0.2, 0.25) is 5.91 Å². The van der Waals surface area contributed by atoms with Crippen molar-refractivity contribution in [3.05, 3.63) is 34.9 Å². The summed E-state index contributed by atoms with van der Waals surface area (Å²) in [5, 5.41) is 4.09. The Labute approximate surface area is 242 Å². The lowest BCUT2D eigenvalue weighted by atomic mass is 9.58. The third kappa shape index (κ3) is 4.40. The summed E-state index contributed by atoms with van der Waals surface area (Å²) in [5.74, 6) is 2.44. The summed E-state index contributed by atoms with van der Waals surface area (Å²) in [6.07, 6.45) is 14.7. The van der Waals surface area contributed by atoms with Crippen molar-refractivity contribution in [2.24, 2.45) is 23.7 Å². The SMILES string of the molecule is O=C1CC2CC(N3C(=O)CCC(N4Cc5cc(C[C@H]6CCCC[C@@H]6NC6CC7CC(C7)C6)ccc5C4=O)C3=O)(C1)C2. The van der Waals surface area contributed by atoms with Crippen LogP contribution in [-0.2, 0) is 27.3 Å². The van der Waals surface area contributed by atoms with E-state index in [0.29, 0.717) is 48.9 Å². The maximum absolute atomic E-state index is 13.8. The van der Waals surface area contributed by atoms with Crippen molar-refractivity contribution in [1.29, 1.82) is 0 Å². The third-order valence-corrected chi connectivity index (χ3v) is 12.0. The van der Waals surface area contributed by atoms with Crippen molar-refractivity contribution in [2.45, 2.75) is 127 Å². The molecule has 1 aromatic rings. The molecule has 218 valence electrons. The van der Waals surface area contributed by atoms with Gasteiger partial charge in [-0.2, -0.15) is 0 Å². The summed E-state index contributed by atoms with van der Waals surface area (Å²) >= 11 is 0. The largest absolute Gasteiger partial charge is 0.322 e. The molecule has 9 aliphatic rings. The summed E-state index contributed by atoms with van der Waals surface area (Å²) in [5.41, 5.74) is 2.35. The van der Waals surface area contributed by atoms with E-state index < -0.39 is 11.6 Å². The zero-order valence-electron chi connectivity index (χ0n) is 24.1. The summed E-state index contributed by atoms with van der Waals surface area (Å²) in [6, 6.07) is 6.95. The van der Waals surface area contributed by atoms with Gasteiger partial charge >= 0.3 is 0 Å². The zero-order chi connectivity index (χ0) is 27.9. The van der Waals surface area contributed by atoms with Gasteiger partial charge in [0.1, 0.15) is 11.8 Å². The molecule has 0 radical (unpaired) electrons. The van der Waals surface area contributed by atoms with Crippen LogP contribution in [0.5, 0.6) is 0 Å². The van der Waals surface area contributed by atoms with Crippen molar-refractivity contribution in [3.63, 3.8) is 0 Å². The van der Waals surface area contributed by atoms with Crippen LogP contribution in [0.2, 0.25) is 0 Å². The fourth-order valence-corrected chi connectivity index (χ4v) is 10.2. The van der Waals surface area contributed by atoms with Gasteiger partial charge < -0.3 is 10.2 Å². The van der Waals surface area contributed by atoms with Crippen LogP contribution in [0.4, 0.5) is 0 Å². The minimum atomic E-state index is -0.641. The molecule has 7 aliphatic carbocycles. The van der Waals surface area contributed by atoms with Crippen molar-refractivity contribution in [1.82, 2.24) is 15.1 Å². The quantitative estimate of drug-likeness (QED) is 0.519. The number of fused-ring (bicyclic) bond motifs is 5. The highest BCUT2D eigenvalue weighted by Crippen LogP contribution is 2.52. The number of carbonyl (C=O) groups excluding carboxylic acids is 4. The number of imide groups is 1. The van der Waals surface area contributed by atoms with Crippen LogP contribution < -0.4 is 5.32 Å². The number of benzene rings is 1. The normalized spacial score (nSPS) is 39.9. The molecule has 7 heteroatoms. The lowest BCUT2D eigenvalue weighted by Crippen LogP contribution is -2.69. The van der Waals surface area contributed by atoms with Crippen molar-refractivity contribution in [3.8, 4) is 0 Å². The molecule has 10 rings (SSSR count). The molecule has 8 fully saturated rings. The minimum Gasteiger partial charge on any atom is -0.322 e. The Morgan fingerprint density at radius 2 is 1.68 bits per heavy atom. The molecule has 4 bridgehead atoms. The number of nitrogens with zero attached hydrogens (tertiary/aromatic N) is 2. The molecule has 3 amide bonds. The lowest BCUT2D eigenvalue weighted by Gasteiger charge is -2.58. The minimum absolute atomic E-state index is 0.101. The Bertz CT molecular complexity index is 1280. The highest BCUT2D eigenvalue weighted by molar-refractivity contribution is 6.06. The molecule has 0 spiro atoms. The second-order valence-corrected chi connectivity index (χ2v) is 14.9. The number of amides is 3. The first-order valence-electron chi connectivity index (χ1n) is 16.4. The zero-order valence-corrected chi connectivity index (χ0v) is 24.1. The summed E-state index contributed by atoms with van der Waals surface area (Å²) in [6.45, 7) is 0.423. The number of Topliss-reactive ketones (excluding diaryl/α,β-unsaturated/α-hetero) is 1. The molecule has 7 nitrogen and oxygen atoms in total. The summed E-state index contributed by atoms with van der Waals surface area (Å²) in [7, 11) is 0. The van der Waals surface area contributed by atoms with Crippen molar-refractivity contribution >= 4 is 23.5 Å². The molecule has 1 saturated heterocycles. The van der Waals surface area contributed by atoms with E-state index in [-0.39, 0.29) is 36.3 Å². The standard InChI is InChI=1S/C34H43N3O4/c38-27-15-23-16-34(17-23,18-27)37-31(39)8-7-30(33(37)41)36-19-25-12-20(5-6-28(25)32(36)40)11-24-3-1-2-4-29(24)35-26-13-21-9-22(10-21)14-26/h5-6,12,21-24,26,29-30,35H,1-4,7-11,13-19H2/t21?,22?,23?,24-,26?,29+,30?,34?/m1/s1. The topological polar surface area (TPSA) is 86.8 Å². The predicted octanol–water partition coefficient (Wildman–Crippen LogP) is 4.55. The molecule has 41 heavy (non-hydrogen) atoms. The second-order valence-electron chi connectivity index (χ2n) is 14.9. The monoisotopic (exact) mass is 557 g/mol. The number of hydrogen-bond donors (Lipinski definition) is 1. The first kappa shape index (κ1) is 26.1. The molecule has 1 aromatic carbocycles. The number of hydrogen-bond acceptors (Lipinski definition) is 5. The average Bonchev–Trinajstić information content (AvgIpc) is 3.24. The predicted molar refractivity (Wildman–Crippen MR) is 153 cm³/mol. The van der Waals surface area contributed by atoms with Gasteiger partial charge in [-0.25, -0.2) is 0 Å². The van der Waals surface area contributed by atoms with E-state index in [0.717, 1.165) is 36.7 Å². The van der Waals surface area contributed by atoms with Crippen LogP contribution in [0.3, 0.4) is 0 Å². The van der Waals surface area contributed by atoms with Crippen molar-refractivity contribution in [2.75, 3.05) is 0 Å². The van der Waals surface area contributed by atoms with Crippen LogP contribution >= 0.6 is 0 Å². The molecular formula is C34H43N3O4. The van der Waals surface area contributed by atoms with E-state index in [4.69, 9.17) is 0 Å². The number of nitrogens with one attached hydrogen (secondary N) is 1. The van der Waals surface area contributed by atoms with E-state index in [1.54, 1.807) is 4.90 Å². The fourth-order valence-electron chi connectivity index (χ4n) is 10.2. The third-order valence-electron chi connectivity index (χ3n) is 12.0. The first-order valence-corrected chi connectivity index (χ1v) is 16.4. The van der Waals surface area contributed by atoms with E-state index in [1.165, 1.54) is 61.8 Å². The second kappa shape index (κ2) is 9.75. The number of likely N-dealkylation sites (tertiary alicyclic amines) is 1. The Morgan fingerprint density at radius 3 is 2.46 bits per heavy atom. The van der Waals surface area contributed by atoms with Gasteiger partial charge in [0, 0.05) is 43.5 Å². The molecule has 2 heterocycles. The highest BCUT2D eigenvalue weighted by atomic mass is 16.2. The van der Waals surface area contributed by atoms with E-state index in [2.05, 4.69) is 17.4 Å². The van der Waals surface area contributed by atoms with Crippen LogP contribution in [0.1, 0.15) is 111 Å². The smallest absolute Gasteiger partial charge is 0.255 e. The Kier molecular flexibility index (Phi) is 6.21. The first-order chi connectivity index (χ1) is 19.8. The Balaban J connectivity index is 0.959. The molecular weight excluding hydrogens is 514 g/mol. The maximum atomic E-state index is 13.8. The van der Waals surface area contributed by atoms with E-state index >= 15 is 0 Å². The van der Waals surface area contributed by atoms with Gasteiger partial charge in [0.15, 0.2) is 0 Å².